The largest absolute Gasteiger partial charge is 0.497 e. The number of nitrogens with zero attached hydrogens (tertiary/aromatic N) is 2. The van der Waals surface area contributed by atoms with E-state index >= 15 is 0 Å². The van der Waals surface area contributed by atoms with Gasteiger partial charge in [-0.1, -0.05) is 17.7 Å². The van der Waals surface area contributed by atoms with Crippen molar-refractivity contribution in [1.29, 1.82) is 0 Å². The van der Waals surface area contributed by atoms with Gasteiger partial charge in [0, 0.05) is 37.4 Å². The number of amides is 1. The number of ether oxygens (including phenoxy) is 1. The zero-order chi connectivity index (χ0) is 16.2. The van der Waals surface area contributed by atoms with Gasteiger partial charge in [0.25, 0.3) is 5.91 Å². The van der Waals surface area contributed by atoms with Gasteiger partial charge < -0.3 is 14.5 Å². The van der Waals surface area contributed by atoms with Crippen molar-refractivity contribution in [2.45, 2.75) is 6.92 Å². The highest BCUT2D eigenvalue weighted by atomic mass is 16.5. The molecule has 23 heavy (non-hydrogen) atoms. The van der Waals surface area contributed by atoms with Crippen LogP contribution in [0.25, 0.3) is 0 Å². The van der Waals surface area contributed by atoms with E-state index in [0.717, 1.165) is 43.1 Å². The zero-order valence-electron chi connectivity index (χ0n) is 13.7. The number of rotatable bonds is 3. The second kappa shape index (κ2) is 6.73. The van der Waals surface area contributed by atoms with Gasteiger partial charge >= 0.3 is 0 Å². The predicted molar refractivity (Wildman–Crippen MR) is 92.3 cm³/mol. The summed E-state index contributed by atoms with van der Waals surface area (Å²) in [6, 6.07) is 15.9. The molecule has 0 aromatic heterocycles. The first-order valence-electron chi connectivity index (χ1n) is 7.92. The van der Waals surface area contributed by atoms with Crippen molar-refractivity contribution in [1.82, 2.24) is 4.90 Å². The number of aryl methyl sites for hydroxylation is 1. The standard InChI is InChI=1S/C19H22N2O2/c1-15-4-3-5-16(14-15)19(22)21-12-10-20(11-13-21)17-6-8-18(23-2)9-7-17/h3-9,14H,10-13H2,1-2H3. The molecule has 4 nitrogen and oxygen atoms in total. The lowest BCUT2D eigenvalue weighted by Gasteiger charge is -2.36. The Hall–Kier alpha value is -2.49. The number of piperazine rings is 1. The van der Waals surface area contributed by atoms with Gasteiger partial charge in [0.1, 0.15) is 5.75 Å². The van der Waals surface area contributed by atoms with Gasteiger partial charge in [-0.3, -0.25) is 4.79 Å². The number of hydrogen-bond acceptors (Lipinski definition) is 3. The van der Waals surface area contributed by atoms with Crippen molar-refractivity contribution in [3.8, 4) is 5.75 Å². The Morgan fingerprint density at radius 2 is 1.70 bits per heavy atom. The lowest BCUT2D eigenvalue weighted by atomic mass is 10.1. The van der Waals surface area contributed by atoms with Gasteiger partial charge in [0.2, 0.25) is 0 Å². The number of carbonyl (C=O) groups excluding carboxylic acids is 1. The van der Waals surface area contributed by atoms with Gasteiger partial charge in [-0.2, -0.15) is 0 Å². The van der Waals surface area contributed by atoms with Crippen LogP contribution in [0.4, 0.5) is 5.69 Å². The van der Waals surface area contributed by atoms with E-state index in [1.54, 1.807) is 7.11 Å². The van der Waals surface area contributed by atoms with Gasteiger partial charge in [0.15, 0.2) is 0 Å². The summed E-state index contributed by atoms with van der Waals surface area (Å²) >= 11 is 0. The molecule has 3 rings (SSSR count). The summed E-state index contributed by atoms with van der Waals surface area (Å²) < 4.78 is 5.19. The Bertz CT molecular complexity index is 674. The Balaban J connectivity index is 1.62. The van der Waals surface area contributed by atoms with Crippen LogP contribution in [0.5, 0.6) is 5.75 Å². The van der Waals surface area contributed by atoms with E-state index in [4.69, 9.17) is 4.74 Å². The summed E-state index contributed by atoms with van der Waals surface area (Å²) in [5, 5.41) is 0. The molecule has 1 fully saturated rings. The molecule has 1 saturated heterocycles. The highest BCUT2D eigenvalue weighted by Crippen LogP contribution is 2.21. The SMILES string of the molecule is COc1ccc(N2CCN(C(=O)c3cccc(C)c3)CC2)cc1. The molecule has 0 unspecified atom stereocenters. The first-order chi connectivity index (χ1) is 11.2. The molecular weight excluding hydrogens is 288 g/mol. The van der Waals surface area contributed by atoms with Gasteiger partial charge in [-0.15, -0.1) is 0 Å². The second-order valence-corrected chi connectivity index (χ2v) is 5.85. The fourth-order valence-corrected chi connectivity index (χ4v) is 2.92. The van der Waals surface area contributed by atoms with Crippen LogP contribution in [0, 0.1) is 6.92 Å². The van der Waals surface area contributed by atoms with Crippen molar-refractivity contribution < 1.29 is 9.53 Å². The number of anilines is 1. The minimum Gasteiger partial charge on any atom is -0.497 e. The van der Waals surface area contributed by atoms with Gasteiger partial charge in [0.05, 0.1) is 7.11 Å². The van der Waals surface area contributed by atoms with Crippen molar-refractivity contribution in [3.05, 3.63) is 59.7 Å². The molecule has 0 saturated carbocycles. The summed E-state index contributed by atoms with van der Waals surface area (Å²) in [6.07, 6.45) is 0. The molecule has 0 radical (unpaired) electrons. The van der Waals surface area contributed by atoms with Crippen molar-refractivity contribution in [2.75, 3.05) is 38.2 Å². The lowest BCUT2D eigenvalue weighted by Crippen LogP contribution is -2.48. The van der Waals surface area contributed by atoms with E-state index in [2.05, 4.69) is 17.0 Å². The molecule has 4 heteroatoms. The molecule has 1 aliphatic rings. The Kier molecular flexibility index (Phi) is 4.51. The molecule has 1 amide bonds. The minimum absolute atomic E-state index is 0.128. The third-order valence-corrected chi connectivity index (χ3v) is 4.27. The summed E-state index contributed by atoms with van der Waals surface area (Å²) in [5.74, 6) is 0.991. The average Bonchev–Trinajstić information content (AvgIpc) is 2.61. The normalized spacial score (nSPS) is 14.7. The predicted octanol–water partition coefficient (Wildman–Crippen LogP) is 2.97. The van der Waals surface area contributed by atoms with Crippen LogP contribution in [0.3, 0.4) is 0 Å². The van der Waals surface area contributed by atoms with Crippen LogP contribution in [-0.4, -0.2) is 44.1 Å². The molecular formula is C19H22N2O2. The molecule has 1 aliphatic heterocycles. The molecule has 0 spiro atoms. The van der Waals surface area contributed by atoms with Crippen LogP contribution in [-0.2, 0) is 0 Å². The van der Waals surface area contributed by atoms with E-state index in [9.17, 15) is 4.79 Å². The van der Waals surface area contributed by atoms with Crippen LogP contribution in [0.1, 0.15) is 15.9 Å². The monoisotopic (exact) mass is 310 g/mol. The van der Waals surface area contributed by atoms with Gasteiger partial charge in [-0.25, -0.2) is 0 Å². The Labute approximate surface area is 137 Å². The highest BCUT2D eigenvalue weighted by molar-refractivity contribution is 5.94. The fraction of sp³-hybridized carbons (Fsp3) is 0.316. The lowest BCUT2D eigenvalue weighted by molar-refractivity contribution is 0.0746. The summed E-state index contributed by atoms with van der Waals surface area (Å²) in [5.41, 5.74) is 3.07. The van der Waals surface area contributed by atoms with E-state index in [-0.39, 0.29) is 5.91 Å². The first-order valence-corrected chi connectivity index (χ1v) is 7.92. The van der Waals surface area contributed by atoms with Crippen LogP contribution >= 0.6 is 0 Å². The average molecular weight is 310 g/mol. The maximum Gasteiger partial charge on any atom is 0.253 e. The number of benzene rings is 2. The maximum atomic E-state index is 12.6. The van der Waals surface area contributed by atoms with Crippen LogP contribution in [0.2, 0.25) is 0 Å². The molecule has 0 bridgehead atoms. The summed E-state index contributed by atoms with van der Waals surface area (Å²) in [7, 11) is 1.67. The van der Waals surface area contributed by atoms with Crippen LogP contribution < -0.4 is 9.64 Å². The van der Waals surface area contributed by atoms with Crippen molar-refractivity contribution >= 4 is 11.6 Å². The molecule has 0 aliphatic carbocycles. The molecule has 1 heterocycles. The Morgan fingerprint density at radius 1 is 1.00 bits per heavy atom. The van der Waals surface area contributed by atoms with Crippen LogP contribution in [0.15, 0.2) is 48.5 Å². The molecule has 2 aromatic carbocycles. The van der Waals surface area contributed by atoms with Crippen molar-refractivity contribution in [2.24, 2.45) is 0 Å². The summed E-state index contributed by atoms with van der Waals surface area (Å²) in [6.45, 7) is 5.21. The summed E-state index contributed by atoms with van der Waals surface area (Å²) in [4.78, 5) is 16.8. The van der Waals surface area contributed by atoms with E-state index in [1.165, 1.54) is 5.69 Å². The zero-order valence-corrected chi connectivity index (χ0v) is 13.7. The quantitative estimate of drug-likeness (QED) is 0.874. The smallest absolute Gasteiger partial charge is 0.253 e. The second-order valence-electron chi connectivity index (χ2n) is 5.85. The maximum absolute atomic E-state index is 12.6. The molecule has 120 valence electrons. The molecule has 0 atom stereocenters. The molecule has 0 N–H and O–H groups in total. The van der Waals surface area contributed by atoms with E-state index in [1.807, 2.05) is 48.2 Å². The fourth-order valence-electron chi connectivity index (χ4n) is 2.92. The van der Waals surface area contributed by atoms with Crippen molar-refractivity contribution in [3.63, 3.8) is 0 Å². The third-order valence-electron chi connectivity index (χ3n) is 4.27. The highest BCUT2D eigenvalue weighted by Gasteiger charge is 2.22. The minimum atomic E-state index is 0.128. The van der Waals surface area contributed by atoms with E-state index < -0.39 is 0 Å². The number of carbonyl (C=O) groups is 1. The molecule has 2 aromatic rings. The first kappa shape index (κ1) is 15.4. The third kappa shape index (κ3) is 3.47. The number of hydrogen-bond donors (Lipinski definition) is 0. The van der Waals surface area contributed by atoms with E-state index in [0.29, 0.717) is 0 Å². The van der Waals surface area contributed by atoms with Gasteiger partial charge in [-0.05, 0) is 43.3 Å². The Morgan fingerprint density at radius 3 is 2.30 bits per heavy atom. The number of methoxy groups -OCH3 is 1. The topological polar surface area (TPSA) is 32.8 Å².